The van der Waals surface area contributed by atoms with Crippen molar-refractivity contribution in [3.63, 3.8) is 0 Å². The quantitative estimate of drug-likeness (QED) is 0.547. The molecule has 9 heteroatoms. The third-order valence-electron chi connectivity index (χ3n) is 4.32. The van der Waals surface area contributed by atoms with Gasteiger partial charge in [-0.2, -0.15) is 5.26 Å². The van der Waals surface area contributed by atoms with Crippen LogP contribution in [0.25, 0.3) is 5.70 Å². The number of carbonyl (C=O) groups is 1. The largest absolute Gasteiger partial charge is 0.423 e. The van der Waals surface area contributed by atoms with E-state index >= 15 is 0 Å². The van der Waals surface area contributed by atoms with Crippen molar-refractivity contribution in [1.82, 2.24) is 15.3 Å². The summed E-state index contributed by atoms with van der Waals surface area (Å²) in [5.41, 5.74) is 3.00. The summed E-state index contributed by atoms with van der Waals surface area (Å²) in [4.78, 5) is 41.3. The van der Waals surface area contributed by atoms with Gasteiger partial charge in [0, 0.05) is 5.70 Å². The fourth-order valence-corrected chi connectivity index (χ4v) is 3.21. The van der Waals surface area contributed by atoms with Crippen molar-refractivity contribution >= 4 is 11.6 Å². The number of nitriles is 1. The van der Waals surface area contributed by atoms with E-state index in [1.807, 2.05) is 12.1 Å². The highest BCUT2D eigenvalue weighted by molar-refractivity contribution is 6.06. The van der Waals surface area contributed by atoms with Crippen molar-refractivity contribution in [2.24, 2.45) is 5.73 Å². The number of nitrogens with one attached hydrogen (secondary N) is 3. The average Bonchev–Trinajstić information content (AvgIpc) is 2.93. The van der Waals surface area contributed by atoms with Crippen LogP contribution in [0, 0.1) is 11.3 Å². The van der Waals surface area contributed by atoms with Crippen molar-refractivity contribution in [2.45, 2.75) is 5.41 Å². The maximum atomic E-state index is 12.9. The first-order valence-corrected chi connectivity index (χ1v) is 7.52. The van der Waals surface area contributed by atoms with E-state index in [0.29, 0.717) is 11.3 Å². The fourth-order valence-electron chi connectivity index (χ4n) is 3.21. The number of carbonyl (C=O) groups excluding carboxylic acids is 1. The first-order chi connectivity index (χ1) is 12.5. The standard InChI is InChI=1S/C17H11N5O4/c18-7-9-12(19)26-14-11(13(23)21-16(25)22-14)17(9)6-10(20-15(17)24)8-4-2-1-3-5-8/h1-6H,19H2,(H,20,24)(H2,21,22,23,25). The van der Waals surface area contributed by atoms with Crippen molar-refractivity contribution in [1.29, 1.82) is 5.26 Å². The maximum Gasteiger partial charge on any atom is 0.328 e. The minimum atomic E-state index is -1.80. The second-order valence-electron chi connectivity index (χ2n) is 5.75. The molecule has 1 unspecified atom stereocenters. The molecule has 1 aromatic heterocycles. The first-order valence-electron chi connectivity index (χ1n) is 7.52. The maximum absolute atomic E-state index is 12.9. The summed E-state index contributed by atoms with van der Waals surface area (Å²) in [7, 11) is 0. The lowest BCUT2D eigenvalue weighted by molar-refractivity contribution is -0.122. The van der Waals surface area contributed by atoms with Gasteiger partial charge in [0.05, 0.1) is 0 Å². The van der Waals surface area contributed by atoms with Gasteiger partial charge in [0.2, 0.25) is 17.7 Å². The molecule has 1 atom stereocenters. The van der Waals surface area contributed by atoms with Gasteiger partial charge in [0.15, 0.2) is 0 Å². The highest BCUT2D eigenvalue weighted by atomic mass is 16.5. The number of nitrogens with zero attached hydrogens (tertiary/aromatic N) is 1. The molecular formula is C17H11N5O4. The molecule has 1 amide bonds. The van der Waals surface area contributed by atoms with Gasteiger partial charge in [-0.1, -0.05) is 30.3 Å². The highest BCUT2D eigenvalue weighted by Crippen LogP contribution is 2.45. The van der Waals surface area contributed by atoms with Crippen molar-refractivity contribution < 1.29 is 9.53 Å². The van der Waals surface area contributed by atoms with Crippen molar-refractivity contribution in [3.8, 4) is 11.9 Å². The monoisotopic (exact) mass is 349 g/mol. The zero-order chi connectivity index (χ0) is 18.5. The Balaban J connectivity index is 2.08. The number of hydrogen-bond acceptors (Lipinski definition) is 6. The van der Waals surface area contributed by atoms with Gasteiger partial charge >= 0.3 is 5.69 Å². The van der Waals surface area contributed by atoms with Crippen LogP contribution in [0.4, 0.5) is 0 Å². The van der Waals surface area contributed by atoms with E-state index in [-0.39, 0.29) is 22.9 Å². The first kappa shape index (κ1) is 15.5. The summed E-state index contributed by atoms with van der Waals surface area (Å²) in [5.74, 6) is -1.27. The Bertz CT molecular complexity index is 1170. The molecule has 0 saturated carbocycles. The van der Waals surface area contributed by atoms with Crippen LogP contribution in [0.2, 0.25) is 0 Å². The number of rotatable bonds is 1. The molecule has 1 aromatic carbocycles. The second kappa shape index (κ2) is 5.22. The molecule has 0 fully saturated rings. The Morgan fingerprint density at radius 1 is 1.12 bits per heavy atom. The van der Waals surface area contributed by atoms with E-state index in [2.05, 4.69) is 15.3 Å². The zero-order valence-electron chi connectivity index (χ0n) is 13.1. The lowest BCUT2D eigenvalue weighted by Crippen LogP contribution is -2.47. The number of benzene rings is 1. The van der Waals surface area contributed by atoms with E-state index in [1.165, 1.54) is 6.08 Å². The zero-order valence-corrected chi connectivity index (χ0v) is 13.1. The Hall–Kier alpha value is -4.06. The molecule has 26 heavy (non-hydrogen) atoms. The van der Waals surface area contributed by atoms with Crippen LogP contribution in [0.5, 0.6) is 5.88 Å². The number of ether oxygens (including phenoxy) is 1. The molecule has 0 radical (unpaired) electrons. The van der Waals surface area contributed by atoms with Crippen LogP contribution in [0.15, 0.2) is 57.5 Å². The smallest absolute Gasteiger partial charge is 0.328 e. The fraction of sp³-hybridized carbons (Fsp3) is 0.0588. The van der Waals surface area contributed by atoms with Gasteiger partial charge < -0.3 is 15.8 Å². The van der Waals surface area contributed by atoms with Crippen LogP contribution < -0.4 is 27.0 Å². The summed E-state index contributed by atoms with van der Waals surface area (Å²) in [5, 5.41) is 12.3. The SMILES string of the molecule is N#CC1=C(N)Oc2[nH]c(=O)[nH]c(=O)c2C12C=C(c1ccccc1)NC2=O. The van der Waals surface area contributed by atoms with Gasteiger partial charge in [-0.3, -0.25) is 19.6 Å². The molecule has 0 saturated heterocycles. The molecule has 0 aliphatic carbocycles. The summed E-state index contributed by atoms with van der Waals surface area (Å²) in [6.07, 6.45) is 1.45. The molecule has 3 heterocycles. The van der Waals surface area contributed by atoms with Crippen LogP contribution >= 0.6 is 0 Å². The molecule has 4 rings (SSSR count). The van der Waals surface area contributed by atoms with E-state index in [0.717, 1.165) is 0 Å². The third kappa shape index (κ3) is 1.93. The summed E-state index contributed by atoms with van der Waals surface area (Å²) < 4.78 is 5.22. The lowest BCUT2D eigenvalue weighted by atomic mass is 9.74. The Labute approximate surface area is 145 Å². The number of nitrogens with two attached hydrogens (primary N) is 1. The van der Waals surface area contributed by atoms with Gasteiger partial charge in [0.25, 0.3) is 5.56 Å². The van der Waals surface area contributed by atoms with Crippen molar-refractivity contribution in [3.05, 3.63) is 79.8 Å². The summed E-state index contributed by atoms with van der Waals surface area (Å²) in [6.45, 7) is 0. The Kier molecular flexibility index (Phi) is 3.10. The Morgan fingerprint density at radius 2 is 1.85 bits per heavy atom. The molecule has 128 valence electrons. The molecular weight excluding hydrogens is 338 g/mol. The molecule has 9 nitrogen and oxygen atoms in total. The summed E-state index contributed by atoms with van der Waals surface area (Å²) >= 11 is 0. The van der Waals surface area contributed by atoms with E-state index < -0.39 is 22.6 Å². The molecule has 2 aliphatic rings. The predicted octanol–water partition coefficient (Wildman–Crippen LogP) is -0.442. The molecule has 1 spiro atoms. The average molecular weight is 349 g/mol. The van der Waals surface area contributed by atoms with Crippen LogP contribution in [0.3, 0.4) is 0 Å². The van der Waals surface area contributed by atoms with Crippen LogP contribution in [0.1, 0.15) is 11.1 Å². The highest BCUT2D eigenvalue weighted by Gasteiger charge is 2.54. The number of hydrogen-bond donors (Lipinski definition) is 4. The van der Waals surface area contributed by atoms with Crippen LogP contribution in [-0.2, 0) is 10.2 Å². The minimum Gasteiger partial charge on any atom is -0.423 e. The number of aromatic nitrogens is 2. The van der Waals surface area contributed by atoms with Crippen LogP contribution in [-0.4, -0.2) is 15.9 Å². The third-order valence-corrected chi connectivity index (χ3v) is 4.32. The number of fused-ring (bicyclic) bond motifs is 2. The van der Waals surface area contributed by atoms with E-state index in [4.69, 9.17) is 10.5 Å². The van der Waals surface area contributed by atoms with Gasteiger partial charge in [-0.15, -0.1) is 0 Å². The van der Waals surface area contributed by atoms with E-state index in [1.54, 1.807) is 24.3 Å². The lowest BCUT2D eigenvalue weighted by Gasteiger charge is -2.29. The molecule has 2 aromatic rings. The normalized spacial score (nSPS) is 20.9. The minimum absolute atomic E-state index is 0.203. The second-order valence-corrected chi connectivity index (χ2v) is 5.75. The number of amides is 1. The molecule has 0 bridgehead atoms. The Morgan fingerprint density at radius 3 is 2.54 bits per heavy atom. The predicted molar refractivity (Wildman–Crippen MR) is 89.4 cm³/mol. The van der Waals surface area contributed by atoms with Gasteiger partial charge in [-0.25, -0.2) is 4.79 Å². The number of aromatic amines is 2. The van der Waals surface area contributed by atoms with Crippen molar-refractivity contribution in [2.75, 3.05) is 0 Å². The molecule has 2 aliphatic heterocycles. The van der Waals surface area contributed by atoms with Gasteiger partial charge in [0.1, 0.15) is 22.6 Å². The topological polar surface area (TPSA) is 154 Å². The van der Waals surface area contributed by atoms with E-state index in [9.17, 15) is 19.6 Å². The summed E-state index contributed by atoms with van der Waals surface area (Å²) in [6, 6.07) is 10.8. The molecule has 5 N–H and O–H groups in total. The number of H-pyrrole nitrogens is 2. The van der Waals surface area contributed by atoms with Gasteiger partial charge in [-0.05, 0) is 11.6 Å².